The molecular weight excluding hydrogens is 529 g/mol. The first-order chi connectivity index (χ1) is 14.5. The van der Waals surface area contributed by atoms with Crippen LogP contribution in [0.15, 0.2) is 66.7 Å². The molecule has 4 aromatic rings. The van der Waals surface area contributed by atoms with Crippen LogP contribution in [0.1, 0.15) is 10.4 Å². The van der Waals surface area contributed by atoms with Gasteiger partial charge in [0.2, 0.25) is 0 Å². The van der Waals surface area contributed by atoms with E-state index in [4.69, 9.17) is 21.9 Å². The number of rotatable bonds is 4. The number of hydrogen-bond acceptors (Lipinski definition) is 5. The minimum Gasteiger partial charge on any atom is -0.496 e. The summed E-state index contributed by atoms with van der Waals surface area (Å²) >= 11 is 9.28. The lowest BCUT2D eigenvalue weighted by atomic mass is 10.2. The standard InChI is InChI=1S/C22H16IN3O2S2/c1-28-18-8-4-2-6-14(18)20(27)26-22(29)25-16-11-10-13(23)12-15(16)21-24-17-7-3-5-9-19(17)30-21/h2-12H,1H3,(H2,25,26,27,29). The molecule has 0 aliphatic carbocycles. The lowest BCUT2D eigenvalue weighted by molar-refractivity contribution is 0.0975. The molecule has 1 amide bonds. The van der Waals surface area contributed by atoms with Gasteiger partial charge < -0.3 is 10.1 Å². The Kier molecular flexibility index (Phi) is 6.26. The summed E-state index contributed by atoms with van der Waals surface area (Å²) in [5, 5.41) is 6.95. The largest absolute Gasteiger partial charge is 0.496 e. The molecule has 0 saturated heterocycles. The average molecular weight is 545 g/mol. The summed E-state index contributed by atoms with van der Waals surface area (Å²) in [5.41, 5.74) is 3.07. The van der Waals surface area contributed by atoms with Crippen LogP contribution >= 0.6 is 46.1 Å². The summed E-state index contributed by atoms with van der Waals surface area (Å²) in [4.78, 5) is 17.4. The molecule has 0 radical (unpaired) electrons. The van der Waals surface area contributed by atoms with Crippen molar-refractivity contribution in [1.82, 2.24) is 10.3 Å². The Morgan fingerprint density at radius 1 is 1.10 bits per heavy atom. The van der Waals surface area contributed by atoms with Crippen LogP contribution in [-0.4, -0.2) is 23.1 Å². The lowest BCUT2D eigenvalue weighted by Crippen LogP contribution is -2.34. The van der Waals surface area contributed by atoms with E-state index >= 15 is 0 Å². The number of para-hydroxylation sites is 2. The number of ether oxygens (including phenoxy) is 1. The van der Waals surface area contributed by atoms with E-state index in [2.05, 4.69) is 39.3 Å². The molecule has 0 unspecified atom stereocenters. The van der Waals surface area contributed by atoms with Crippen molar-refractivity contribution in [3.05, 3.63) is 75.9 Å². The van der Waals surface area contributed by atoms with Gasteiger partial charge in [-0.3, -0.25) is 10.1 Å². The third-order valence-corrected chi connectivity index (χ3v) is 6.28. The fourth-order valence-corrected chi connectivity index (χ4v) is 4.64. The van der Waals surface area contributed by atoms with Crippen molar-refractivity contribution in [3.8, 4) is 16.3 Å². The van der Waals surface area contributed by atoms with Crippen LogP contribution in [0.4, 0.5) is 5.69 Å². The van der Waals surface area contributed by atoms with Crippen LogP contribution in [0.3, 0.4) is 0 Å². The molecule has 0 aliphatic heterocycles. The second-order valence-corrected chi connectivity index (χ2v) is 8.97. The van der Waals surface area contributed by atoms with Crippen LogP contribution in [0.25, 0.3) is 20.8 Å². The van der Waals surface area contributed by atoms with E-state index in [-0.39, 0.29) is 11.0 Å². The molecule has 1 aromatic heterocycles. The summed E-state index contributed by atoms with van der Waals surface area (Å²) in [6.07, 6.45) is 0. The van der Waals surface area contributed by atoms with Crippen molar-refractivity contribution in [1.29, 1.82) is 0 Å². The number of thiocarbonyl (C=S) groups is 1. The molecule has 30 heavy (non-hydrogen) atoms. The summed E-state index contributed by atoms with van der Waals surface area (Å²) in [7, 11) is 1.53. The highest BCUT2D eigenvalue weighted by Gasteiger charge is 2.16. The fraction of sp³-hybridized carbons (Fsp3) is 0.0455. The maximum Gasteiger partial charge on any atom is 0.261 e. The number of anilines is 1. The Morgan fingerprint density at radius 3 is 2.67 bits per heavy atom. The van der Waals surface area contributed by atoms with Crippen LogP contribution in [0.2, 0.25) is 0 Å². The van der Waals surface area contributed by atoms with Crippen molar-refractivity contribution >= 4 is 73.1 Å². The van der Waals surface area contributed by atoms with Gasteiger partial charge in [-0.25, -0.2) is 4.98 Å². The summed E-state index contributed by atoms with van der Waals surface area (Å²) in [6, 6.07) is 21.0. The quantitative estimate of drug-likeness (QED) is 0.255. The zero-order valence-electron chi connectivity index (χ0n) is 15.8. The summed E-state index contributed by atoms with van der Waals surface area (Å²) in [5.74, 6) is 0.152. The van der Waals surface area contributed by atoms with Gasteiger partial charge in [0.25, 0.3) is 5.91 Å². The van der Waals surface area contributed by atoms with E-state index < -0.39 is 0 Å². The Hall–Kier alpha value is -2.56. The number of thiazole rings is 1. The van der Waals surface area contributed by atoms with Gasteiger partial charge in [-0.15, -0.1) is 11.3 Å². The lowest BCUT2D eigenvalue weighted by Gasteiger charge is -2.14. The second kappa shape index (κ2) is 9.07. The number of aromatic nitrogens is 1. The zero-order chi connectivity index (χ0) is 21.1. The van der Waals surface area contributed by atoms with Gasteiger partial charge in [0.05, 0.1) is 28.6 Å². The minimum atomic E-state index is -0.336. The average Bonchev–Trinajstić information content (AvgIpc) is 3.19. The van der Waals surface area contributed by atoms with Crippen LogP contribution in [0, 0.1) is 3.57 Å². The zero-order valence-corrected chi connectivity index (χ0v) is 19.6. The van der Waals surface area contributed by atoms with E-state index in [1.807, 2.05) is 42.5 Å². The molecule has 150 valence electrons. The smallest absolute Gasteiger partial charge is 0.261 e. The monoisotopic (exact) mass is 545 g/mol. The number of hydrogen-bond donors (Lipinski definition) is 2. The molecule has 2 N–H and O–H groups in total. The van der Waals surface area contributed by atoms with Gasteiger partial charge in [-0.1, -0.05) is 24.3 Å². The number of amides is 1. The molecule has 1 heterocycles. The maximum atomic E-state index is 12.6. The molecule has 0 fully saturated rings. The molecular formula is C22H16IN3O2S2. The first-order valence-electron chi connectivity index (χ1n) is 8.96. The molecule has 0 atom stereocenters. The van der Waals surface area contributed by atoms with E-state index in [0.717, 1.165) is 30.0 Å². The molecule has 4 rings (SSSR count). The van der Waals surface area contributed by atoms with Gasteiger partial charge in [0.1, 0.15) is 10.8 Å². The van der Waals surface area contributed by atoms with Crippen molar-refractivity contribution in [2.75, 3.05) is 12.4 Å². The van der Waals surface area contributed by atoms with E-state index in [0.29, 0.717) is 11.3 Å². The van der Waals surface area contributed by atoms with Gasteiger partial charge >= 0.3 is 0 Å². The Morgan fingerprint density at radius 2 is 1.87 bits per heavy atom. The molecule has 0 aliphatic rings. The van der Waals surface area contributed by atoms with Crippen molar-refractivity contribution in [2.24, 2.45) is 0 Å². The molecule has 0 bridgehead atoms. The number of methoxy groups -OCH3 is 1. The number of benzene rings is 3. The highest BCUT2D eigenvalue weighted by molar-refractivity contribution is 14.1. The predicted octanol–water partition coefficient (Wildman–Crippen LogP) is 5.70. The summed E-state index contributed by atoms with van der Waals surface area (Å²) in [6.45, 7) is 0. The Bertz CT molecular complexity index is 1220. The SMILES string of the molecule is COc1ccccc1C(=O)NC(=S)Nc1ccc(I)cc1-c1nc2ccccc2s1. The summed E-state index contributed by atoms with van der Waals surface area (Å²) < 4.78 is 7.45. The number of nitrogens with zero attached hydrogens (tertiary/aromatic N) is 1. The number of carbonyl (C=O) groups is 1. The second-order valence-electron chi connectivity index (χ2n) is 6.29. The topological polar surface area (TPSA) is 63.2 Å². The van der Waals surface area contributed by atoms with Crippen molar-refractivity contribution in [2.45, 2.75) is 0 Å². The highest BCUT2D eigenvalue weighted by Crippen LogP contribution is 2.35. The maximum absolute atomic E-state index is 12.6. The minimum absolute atomic E-state index is 0.203. The molecule has 5 nitrogen and oxygen atoms in total. The van der Waals surface area contributed by atoms with Crippen molar-refractivity contribution < 1.29 is 9.53 Å². The van der Waals surface area contributed by atoms with Crippen LogP contribution in [-0.2, 0) is 0 Å². The third-order valence-electron chi connectivity index (χ3n) is 4.33. The van der Waals surface area contributed by atoms with Crippen LogP contribution in [0.5, 0.6) is 5.75 Å². The number of halogens is 1. The van der Waals surface area contributed by atoms with Gasteiger partial charge in [0.15, 0.2) is 5.11 Å². The molecule has 0 spiro atoms. The van der Waals surface area contributed by atoms with E-state index in [9.17, 15) is 4.79 Å². The fourth-order valence-electron chi connectivity index (χ4n) is 2.95. The highest BCUT2D eigenvalue weighted by atomic mass is 127. The third kappa shape index (κ3) is 4.45. The Balaban J connectivity index is 1.59. The molecule has 3 aromatic carbocycles. The first kappa shape index (κ1) is 20.7. The van der Waals surface area contributed by atoms with Crippen molar-refractivity contribution in [3.63, 3.8) is 0 Å². The Labute approximate surface area is 196 Å². The van der Waals surface area contributed by atoms with Gasteiger partial charge in [-0.05, 0) is 77.3 Å². The number of nitrogens with one attached hydrogen (secondary N) is 2. The van der Waals surface area contributed by atoms with Gasteiger partial charge in [0, 0.05) is 9.13 Å². The van der Waals surface area contributed by atoms with E-state index in [1.165, 1.54) is 7.11 Å². The molecule has 8 heteroatoms. The van der Waals surface area contributed by atoms with Gasteiger partial charge in [-0.2, -0.15) is 0 Å². The number of carbonyl (C=O) groups excluding carboxylic acids is 1. The van der Waals surface area contributed by atoms with E-state index in [1.54, 1.807) is 29.5 Å². The molecule has 0 saturated carbocycles. The normalized spacial score (nSPS) is 10.6. The number of fused-ring (bicyclic) bond motifs is 1. The predicted molar refractivity (Wildman–Crippen MR) is 134 cm³/mol. The van der Waals surface area contributed by atoms with Crippen LogP contribution < -0.4 is 15.4 Å². The first-order valence-corrected chi connectivity index (χ1v) is 11.3.